The zero-order valence-electron chi connectivity index (χ0n) is 17.8. The summed E-state index contributed by atoms with van der Waals surface area (Å²) in [6.45, 7) is -0.176. The molecule has 32 heavy (non-hydrogen) atoms. The van der Waals surface area contributed by atoms with Crippen molar-refractivity contribution >= 4 is 28.3 Å². The molecule has 12 heteroatoms. The molecule has 3 rings (SSSR count). The summed E-state index contributed by atoms with van der Waals surface area (Å²) in [5.74, 6) is 1.13. The summed E-state index contributed by atoms with van der Waals surface area (Å²) in [7, 11) is 1.49. The molecule has 4 N–H and O–H groups in total. The van der Waals surface area contributed by atoms with Crippen LogP contribution in [0.1, 0.15) is 49.4 Å². The molecule has 2 aliphatic rings. The standard InChI is InChI=1S/C20H28F3N5O3S/c1-31-8-7-13(28-10-15(20(21,22)23)26-16(28)11-29)14-9-25-19(32-14)27-18(30)17(24)12-5-3-2-4-6-12/h9,12-13,15,17,26H,2-8,10,24H2,1H3,(H,25,27,30)/t13?,15-,17-/m0/s1. The van der Waals surface area contributed by atoms with Gasteiger partial charge in [-0.05, 0) is 25.2 Å². The van der Waals surface area contributed by atoms with Crippen LogP contribution < -0.4 is 16.4 Å². The van der Waals surface area contributed by atoms with Gasteiger partial charge in [-0.1, -0.05) is 30.6 Å². The van der Waals surface area contributed by atoms with Gasteiger partial charge in [0.2, 0.25) is 5.91 Å². The van der Waals surface area contributed by atoms with Crippen molar-refractivity contribution in [1.82, 2.24) is 15.2 Å². The maximum atomic E-state index is 13.2. The summed E-state index contributed by atoms with van der Waals surface area (Å²) in [5, 5.41) is 5.25. The summed E-state index contributed by atoms with van der Waals surface area (Å²) < 4.78 is 44.7. The van der Waals surface area contributed by atoms with Gasteiger partial charge in [0.25, 0.3) is 0 Å². The summed E-state index contributed by atoms with van der Waals surface area (Å²) >= 11 is 1.14. The van der Waals surface area contributed by atoms with Gasteiger partial charge in [-0.3, -0.25) is 4.79 Å². The van der Waals surface area contributed by atoms with Crippen LogP contribution in [-0.2, 0) is 14.3 Å². The Morgan fingerprint density at radius 2 is 2.16 bits per heavy atom. The Balaban J connectivity index is 1.73. The van der Waals surface area contributed by atoms with Gasteiger partial charge in [-0.2, -0.15) is 13.2 Å². The quantitative estimate of drug-likeness (QED) is 0.496. The van der Waals surface area contributed by atoms with Gasteiger partial charge in [0.1, 0.15) is 6.04 Å². The number of thiazole rings is 1. The molecule has 1 unspecified atom stereocenters. The summed E-state index contributed by atoms with van der Waals surface area (Å²) in [4.78, 5) is 30.1. The first-order valence-corrected chi connectivity index (χ1v) is 11.4. The Morgan fingerprint density at radius 3 is 2.78 bits per heavy atom. The first-order chi connectivity index (χ1) is 15.2. The second kappa shape index (κ2) is 10.7. The van der Waals surface area contributed by atoms with E-state index in [0.717, 1.165) is 43.4 Å². The number of hydrogen-bond donors (Lipinski definition) is 3. The van der Waals surface area contributed by atoms with Crippen LogP contribution >= 0.6 is 11.3 Å². The highest BCUT2D eigenvalue weighted by molar-refractivity contribution is 7.15. The number of carbonyl (C=O) groups excluding carboxylic acids is 2. The average molecular weight is 476 g/mol. The molecule has 1 saturated carbocycles. The fraction of sp³-hybridized carbons (Fsp3) is 0.700. The van der Waals surface area contributed by atoms with Gasteiger partial charge in [-0.15, -0.1) is 0 Å². The molecule has 3 atom stereocenters. The lowest BCUT2D eigenvalue weighted by Gasteiger charge is -2.27. The maximum Gasteiger partial charge on any atom is 0.410 e. The van der Waals surface area contributed by atoms with Gasteiger partial charge < -0.3 is 26.0 Å². The largest absolute Gasteiger partial charge is 0.410 e. The third-order valence-electron chi connectivity index (χ3n) is 5.98. The highest BCUT2D eigenvalue weighted by Gasteiger charge is 2.47. The minimum atomic E-state index is -4.51. The molecule has 1 aliphatic heterocycles. The number of anilines is 1. The molecular weight excluding hydrogens is 447 g/mol. The number of hydrogen-bond acceptors (Lipinski definition) is 8. The van der Waals surface area contributed by atoms with E-state index in [2.05, 4.69) is 15.6 Å². The number of halogens is 3. The molecule has 2 heterocycles. The molecule has 1 aromatic heterocycles. The molecule has 0 bridgehead atoms. The molecule has 8 nitrogen and oxygen atoms in total. The zero-order chi connectivity index (χ0) is 23.3. The Bertz CT molecular complexity index is 837. The van der Waals surface area contributed by atoms with E-state index in [-0.39, 0.29) is 24.3 Å². The summed E-state index contributed by atoms with van der Waals surface area (Å²) in [6, 6.07) is -3.10. The minimum Gasteiger partial charge on any atom is -0.385 e. The molecule has 0 spiro atoms. The van der Waals surface area contributed by atoms with Gasteiger partial charge in [0.15, 0.2) is 16.9 Å². The van der Waals surface area contributed by atoms with Crippen LogP contribution in [0.15, 0.2) is 12.0 Å². The predicted molar refractivity (Wildman–Crippen MR) is 113 cm³/mol. The highest BCUT2D eigenvalue weighted by Crippen LogP contribution is 2.37. The molecule has 178 valence electrons. The topological polar surface area (TPSA) is 110 Å². The third-order valence-corrected chi connectivity index (χ3v) is 7.00. The predicted octanol–water partition coefficient (Wildman–Crippen LogP) is 2.58. The number of aromatic nitrogens is 1. The molecule has 1 aliphatic carbocycles. The number of alkyl halides is 3. The van der Waals surface area contributed by atoms with E-state index in [1.807, 2.05) is 0 Å². The number of nitrogens with two attached hydrogens (primary N) is 1. The number of amides is 1. The van der Waals surface area contributed by atoms with Crippen LogP contribution in [-0.4, -0.2) is 60.3 Å². The zero-order valence-corrected chi connectivity index (χ0v) is 18.6. The SMILES string of the molecule is COCCC(c1cnc(NC(=O)[C@@H](N)C2CCCCC2)s1)N1C[C@@H](C(F)(F)F)NC1=C=O. The molecule has 0 aromatic carbocycles. The third kappa shape index (κ3) is 5.80. The second-order valence-electron chi connectivity index (χ2n) is 8.12. The van der Waals surface area contributed by atoms with E-state index < -0.39 is 30.8 Å². The van der Waals surface area contributed by atoms with E-state index in [1.165, 1.54) is 18.2 Å². The van der Waals surface area contributed by atoms with Crippen molar-refractivity contribution in [2.45, 2.75) is 62.8 Å². The van der Waals surface area contributed by atoms with Crippen LogP contribution in [0.2, 0.25) is 0 Å². The van der Waals surface area contributed by atoms with Crippen LogP contribution in [0.3, 0.4) is 0 Å². The van der Waals surface area contributed by atoms with Crippen molar-refractivity contribution in [2.24, 2.45) is 11.7 Å². The molecule has 1 aromatic rings. The van der Waals surface area contributed by atoms with Crippen molar-refractivity contribution in [3.63, 3.8) is 0 Å². The lowest BCUT2D eigenvalue weighted by atomic mass is 9.84. The van der Waals surface area contributed by atoms with Gasteiger partial charge in [0.05, 0.1) is 12.1 Å². The molecule has 1 saturated heterocycles. The van der Waals surface area contributed by atoms with Gasteiger partial charge in [0, 0.05) is 31.3 Å². The van der Waals surface area contributed by atoms with Crippen LogP contribution in [0.25, 0.3) is 0 Å². The molecule has 1 amide bonds. The molecule has 0 radical (unpaired) electrons. The fourth-order valence-corrected chi connectivity index (χ4v) is 5.18. The smallest absolute Gasteiger partial charge is 0.385 e. The number of nitrogens with one attached hydrogen (secondary N) is 2. The highest BCUT2D eigenvalue weighted by atomic mass is 32.1. The maximum absolute atomic E-state index is 13.2. The van der Waals surface area contributed by atoms with Gasteiger partial charge >= 0.3 is 6.18 Å². The van der Waals surface area contributed by atoms with E-state index in [1.54, 1.807) is 5.94 Å². The van der Waals surface area contributed by atoms with Crippen LogP contribution in [0.5, 0.6) is 0 Å². The van der Waals surface area contributed by atoms with Crippen molar-refractivity contribution in [1.29, 1.82) is 0 Å². The van der Waals surface area contributed by atoms with Crippen LogP contribution in [0.4, 0.5) is 18.3 Å². The number of carbonyl (C=O) groups is 1. The van der Waals surface area contributed by atoms with Crippen LogP contribution in [0, 0.1) is 5.92 Å². The van der Waals surface area contributed by atoms with E-state index >= 15 is 0 Å². The van der Waals surface area contributed by atoms with Crippen molar-refractivity contribution < 1.29 is 27.5 Å². The number of methoxy groups -OCH3 is 1. The van der Waals surface area contributed by atoms with Crippen molar-refractivity contribution in [3.05, 3.63) is 16.9 Å². The second-order valence-corrected chi connectivity index (χ2v) is 9.18. The Morgan fingerprint density at radius 1 is 1.44 bits per heavy atom. The lowest BCUT2D eigenvalue weighted by molar-refractivity contribution is -0.150. The monoisotopic (exact) mass is 475 g/mol. The summed E-state index contributed by atoms with van der Waals surface area (Å²) in [5.41, 5.74) is 6.14. The fourth-order valence-electron chi connectivity index (χ4n) is 4.21. The lowest BCUT2D eigenvalue weighted by Crippen LogP contribution is -2.42. The minimum absolute atomic E-state index is 0.132. The average Bonchev–Trinajstić information content (AvgIpc) is 3.41. The normalized spacial score (nSPS) is 21.7. The van der Waals surface area contributed by atoms with Crippen molar-refractivity contribution in [2.75, 3.05) is 25.6 Å². The molecule has 2 fully saturated rings. The van der Waals surface area contributed by atoms with Crippen molar-refractivity contribution in [3.8, 4) is 0 Å². The Labute approximate surface area is 188 Å². The molecular formula is C20H28F3N5O3S. The van der Waals surface area contributed by atoms with E-state index in [9.17, 15) is 22.8 Å². The number of rotatable bonds is 8. The number of nitrogens with zero attached hydrogens (tertiary/aromatic N) is 2. The number of ether oxygens (including phenoxy) is 1. The summed E-state index contributed by atoms with van der Waals surface area (Å²) in [6.07, 6.45) is 2.42. The first-order valence-electron chi connectivity index (χ1n) is 10.6. The van der Waals surface area contributed by atoms with E-state index in [0.29, 0.717) is 16.4 Å². The first kappa shape index (κ1) is 24.5. The Kier molecular flexibility index (Phi) is 8.16. The Hall–Kier alpha value is -2.14. The van der Waals surface area contributed by atoms with Gasteiger partial charge in [-0.25, -0.2) is 9.78 Å². The van der Waals surface area contributed by atoms with E-state index in [4.69, 9.17) is 10.5 Å².